The molecule has 0 aromatic rings. The summed E-state index contributed by atoms with van der Waals surface area (Å²) in [7, 11) is 0. The minimum absolute atomic E-state index is 1.05. The summed E-state index contributed by atoms with van der Waals surface area (Å²) >= 11 is 0. The fourth-order valence-electron chi connectivity index (χ4n) is 4.69. The van der Waals surface area contributed by atoms with Crippen LogP contribution in [-0.2, 0) is 0 Å². The molecular weight excluding hydrogens is 144 g/mol. The molecule has 0 radical (unpaired) electrons. The maximum absolute atomic E-state index is 2.49. The summed E-state index contributed by atoms with van der Waals surface area (Å²) in [5.41, 5.74) is 0. The molecular formula is C12H20. The lowest BCUT2D eigenvalue weighted by atomic mass is 9.77. The fourth-order valence-corrected chi connectivity index (χ4v) is 4.69. The standard InChI is InChI=1S/C12H20/c1-7-3-11-9-5-8(2)10(6-9)12(11)4-7/h7-12H,3-6H2,1-2H3/t7-,8+,9+,10-,11-,12+/m1/s1. The zero-order valence-corrected chi connectivity index (χ0v) is 8.29. The van der Waals surface area contributed by atoms with E-state index in [9.17, 15) is 0 Å². The van der Waals surface area contributed by atoms with Gasteiger partial charge in [0.15, 0.2) is 0 Å². The first-order valence-corrected chi connectivity index (χ1v) is 5.75. The lowest BCUT2D eigenvalue weighted by molar-refractivity contribution is 0.201. The Morgan fingerprint density at radius 3 is 2.33 bits per heavy atom. The van der Waals surface area contributed by atoms with E-state index in [2.05, 4.69) is 13.8 Å². The van der Waals surface area contributed by atoms with E-state index < -0.39 is 0 Å². The number of rotatable bonds is 0. The van der Waals surface area contributed by atoms with Crippen LogP contribution in [0.3, 0.4) is 0 Å². The summed E-state index contributed by atoms with van der Waals surface area (Å²) in [6, 6.07) is 0. The average molecular weight is 164 g/mol. The van der Waals surface area contributed by atoms with E-state index in [0.717, 1.165) is 29.6 Å². The number of hydrogen-bond donors (Lipinski definition) is 0. The molecule has 0 saturated heterocycles. The van der Waals surface area contributed by atoms with Crippen LogP contribution in [0.2, 0.25) is 0 Å². The third-order valence-electron chi connectivity index (χ3n) is 5.03. The van der Waals surface area contributed by atoms with Crippen molar-refractivity contribution in [3.63, 3.8) is 0 Å². The second kappa shape index (κ2) is 2.27. The van der Waals surface area contributed by atoms with Gasteiger partial charge < -0.3 is 0 Å². The summed E-state index contributed by atoms with van der Waals surface area (Å²) in [6.45, 7) is 4.95. The van der Waals surface area contributed by atoms with Gasteiger partial charge in [0.2, 0.25) is 0 Å². The van der Waals surface area contributed by atoms with Crippen LogP contribution in [0.4, 0.5) is 0 Å². The van der Waals surface area contributed by atoms with Crippen LogP contribution in [0.5, 0.6) is 0 Å². The van der Waals surface area contributed by atoms with Crippen molar-refractivity contribution in [2.75, 3.05) is 0 Å². The minimum atomic E-state index is 1.05. The molecule has 2 bridgehead atoms. The second-order valence-electron chi connectivity index (χ2n) is 5.78. The van der Waals surface area contributed by atoms with Gasteiger partial charge in [-0.3, -0.25) is 0 Å². The molecule has 0 N–H and O–H groups in total. The maximum atomic E-state index is 2.49. The van der Waals surface area contributed by atoms with Crippen molar-refractivity contribution in [1.82, 2.24) is 0 Å². The molecule has 0 unspecified atom stereocenters. The summed E-state index contributed by atoms with van der Waals surface area (Å²) < 4.78 is 0. The van der Waals surface area contributed by atoms with Crippen LogP contribution < -0.4 is 0 Å². The molecule has 3 fully saturated rings. The molecule has 0 heteroatoms. The molecule has 0 heterocycles. The predicted octanol–water partition coefficient (Wildman–Crippen LogP) is 3.32. The molecule has 0 amide bonds. The number of fused-ring (bicyclic) bond motifs is 5. The van der Waals surface area contributed by atoms with Crippen LogP contribution in [-0.4, -0.2) is 0 Å². The molecule has 0 spiro atoms. The molecule has 6 atom stereocenters. The van der Waals surface area contributed by atoms with Crippen LogP contribution in [0, 0.1) is 35.5 Å². The largest absolute Gasteiger partial charge is 0.0625 e. The average Bonchev–Trinajstić information content (AvgIpc) is 2.57. The lowest BCUT2D eigenvalue weighted by Gasteiger charge is -2.29. The molecule has 12 heavy (non-hydrogen) atoms. The summed E-state index contributed by atoms with van der Waals surface area (Å²) in [5, 5.41) is 0. The molecule has 3 saturated carbocycles. The van der Waals surface area contributed by atoms with Crippen molar-refractivity contribution in [1.29, 1.82) is 0 Å². The van der Waals surface area contributed by atoms with Crippen LogP contribution in [0.1, 0.15) is 39.5 Å². The zero-order valence-electron chi connectivity index (χ0n) is 8.29. The van der Waals surface area contributed by atoms with Gasteiger partial charge in [-0.15, -0.1) is 0 Å². The van der Waals surface area contributed by atoms with Crippen LogP contribution >= 0.6 is 0 Å². The lowest BCUT2D eigenvalue weighted by Crippen LogP contribution is -2.22. The first-order valence-electron chi connectivity index (χ1n) is 5.75. The Bertz CT molecular complexity index is 192. The Hall–Kier alpha value is 0. The van der Waals surface area contributed by atoms with Gasteiger partial charge in [-0.2, -0.15) is 0 Å². The predicted molar refractivity (Wildman–Crippen MR) is 50.8 cm³/mol. The third kappa shape index (κ3) is 0.791. The van der Waals surface area contributed by atoms with Gasteiger partial charge in [-0.25, -0.2) is 0 Å². The van der Waals surface area contributed by atoms with E-state index in [4.69, 9.17) is 0 Å². The van der Waals surface area contributed by atoms with Crippen molar-refractivity contribution in [3.8, 4) is 0 Å². The minimum Gasteiger partial charge on any atom is -0.0625 e. The Labute approximate surface area is 75.7 Å². The summed E-state index contributed by atoms with van der Waals surface area (Å²) in [4.78, 5) is 0. The smallest absolute Gasteiger partial charge is 0.0349 e. The zero-order chi connectivity index (χ0) is 8.29. The van der Waals surface area contributed by atoms with E-state index in [0.29, 0.717) is 0 Å². The van der Waals surface area contributed by atoms with Gasteiger partial charge in [-0.05, 0) is 61.2 Å². The van der Waals surface area contributed by atoms with Crippen molar-refractivity contribution < 1.29 is 0 Å². The van der Waals surface area contributed by atoms with Crippen molar-refractivity contribution in [2.24, 2.45) is 35.5 Å². The highest BCUT2D eigenvalue weighted by Crippen LogP contribution is 2.61. The SMILES string of the molecule is C[C@H]1C[C@@H]2[C@H](C1)[C@@H]1C[C@@H]2[C@@H](C)C1. The van der Waals surface area contributed by atoms with E-state index >= 15 is 0 Å². The van der Waals surface area contributed by atoms with E-state index in [1.165, 1.54) is 5.92 Å². The first kappa shape index (κ1) is 7.41. The molecule has 3 aliphatic carbocycles. The monoisotopic (exact) mass is 164 g/mol. The van der Waals surface area contributed by atoms with Crippen molar-refractivity contribution in [3.05, 3.63) is 0 Å². The van der Waals surface area contributed by atoms with Crippen LogP contribution in [0.15, 0.2) is 0 Å². The van der Waals surface area contributed by atoms with Gasteiger partial charge in [-0.1, -0.05) is 13.8 Å². The normalized spacial score (nSPS) is 62.5. The van der Waals surface area contributed by atoms with Gasteiger partial charge in [0.05, 0.1) is 0 Å². The molecule has 0 aromatic heterocycles. The van der Waals surface area contributed by atoms with Crippen molar-refractivity contribution >= 4 is 0 Å². The maximum Gasteiger partial charge on any atom is -0.0349 e. The molecule has 0 aromatic carbocycles. The highest BCUT2D eigenvalue weighted by Gasteiger charge is 2.53. The first-order chi connectivity index (χ1) is 5.75. The molecule has 68 valence electrons. The third-order valence-corrected chi connectivity index (χ3v) is 5.03. The Morgan fingerprint density at radius 2 is 1.50 bits per heavy atom. The van der Waals surface area contributed by atoms with Gasteiger partial charge in [0, 0.05) is 0 Å². The van der Waals surface area contributed by atoms with Crippen LogP contribution in [0.25, 0.3) is 0 Å². The Morgan fingerprint density at radius 1 is 0.750 bits per heavy atom. The summed E-state index contributed by atoms with van der Waals surface area (Å²) in [6.07, 6.45) is 6.30. The molecule has 3 aliphatic rings. The van der Waals surface area contributed by atoms with E-state index in [1.807, 2.05) is 0 Å². The van der Waals surface area contributed by atoms with Crippen molar-refractivity contribution in [2.45, 2.75) is 39.5 Å². The van der Waals surface area contributed by atoms with Gasteiger partial charge in [0.1, 0.15) is 0 Å². The highest BCUT2D eigenvalue weighted by atomic mass is 14.6. The fraction of sp³-hybridized carbons (Fsp3) is 1.00. The highest BCUT2D eigenvalue weighted by molar-refractivity contribution is 5.02. The quantitative estimate of drug-likeness (QED) is 0.515. The second-order valence-corrected chi connectivity index (χ2v) is 5.78. The van der Waals surface area contributed by atoms with E-state index in [1.54, 1.807) is 25.7 Å². The number of hydrogen-bond acceptors (Lipinski definition) is 0. The molecule has 0 aliphatic heterocycles. The van der Waals surface area contributed by atoms with Gasteiger partial charge >= 0.3 is 0 Å². The topological polar surface area (TPSA) is 0 Å². The molecule has 0 nitrogen and oxygen atoms in total. The Kier molecular flexibility index (Phi) is 1.40. The summed E-state index contributed by atoms with van der Waals surface area (Å²) in [5.74, 6) is 6.75. The Balaban J connectivity index is 1.86. The van der Waals surface area contributed by atoms with E-state index in [-0.39, 0.29) is 0 Å². The van der Waals surface area contributed by atoms with Gasteiger partial charge in [0.25, 0.3) is 0 Å². The molecule has 3 rings (SSSR count).